The van der Waals surface area contributed by atoms with Crippen LogP contribution in [0.3, 0.4) is 0 Å². The minimum atomic E-state index is -0.408. The third kappa shape index (κ3) is 2.57. The van der Waals surface area contributed by atoms with Crippen molar-refractivity contribution in [2.24, 2.45) is 0 Å². The average Bonchev–Trinajstić information content (AvgIpc) is 2.26. The fourth-order valence-electron chi connectivity index (χ4n) is 2.46. The van der Waals surface area contributed by atoms with E-state index in [0.29, 0.717) is 17.8 Å². The number of nitro groups is 1. The van der Waals surface area contributed by atoms with Crippen molar-refractivity contribution < 1.29 is 4.92 Å². The topological polar surface area (TPSA) is 58.4 Å². The predicted octanol–water partition coefficient (Wildman–Crippen LogP) is 2.43. The molecule has 2 rings (SSSR count). The summed E-state index contributed by atoms with van der Waals surface area (Å²) in [6, 6.07) is 5.66. The lowest BCUT2D eigenvalue weighted by Gasteiger charge is -2.37. The van der Waals surface area contributed by atoms with Crippen molar-refractivity contribution in [3.05, 3.63) is 33.3 Å². The Morgan fingerprint density at radius 1 is 1.39 bits per heavy atom. The van der Waals surface area contributed by atoms with E-state index in [-0.39, 0.29) is 10.7 Å². The first-order chi connectivity index (χ1) is 8.49. The molecule has 0 amide bonds. The second-order valence-electron chi connectivity index (χ2n) is 4.74. The summed E-state index contributed by atoms with van der Waals surface area (Å²) < 4.78 is 0. The van der Waals surface area contributed by atoms with Gasteiger partial charge in [0.05, 0.1) is 4.92 Å². The van der Waals surface area contributed by atoms with E-state index >= 15 is 0 Å². The molecule has 1 saturated heterocycles. The molecule has 0 spiro atoms. The Bertz CT molecular complexity index is 457. The Labute approximate surface area is 111 Å². The highest BCUT2D eigenvalue weighted by atomic mass is 35.5. The minimum absolute atomic E-state index is 0.000432. The first-order valence-corrected chi connectivity index (χ1v) is 6.30. The zero-order valence-electron chi connectivity index (χ0n) is 10.4. The van der Waals surface area contributed by atoms with Crippen LogP contribution in [0.25, 0.3) is 0 Å². The van der Waals surface area contributed by atoms with Gasteiger partial charge in [0, 0.05) is 25.2 Å². The van der Waals surface area contributed by atoms with Crippen LogP contribution in [0, 0.1) is 10.1 Å². The van der Waals surface area contributed by atoms with Crippen LogP contribution in [0.4, 0.5) is 11.4 Å². The molecule has 1 aliphatic rings. The van der Waals surface area contributed by atoms with Crippen LogP contribution >= 0.6 is 11.6 Å². The molecule has 1 fully saturated rings. The fourth-order valence-corrected chi connectivity index (χ4v) is 2.70. The molecule has 0 saturated carbocycles. The van der Waals surface area contributed by atoms with Gasteiger partial charge in [0.1, 0.15) is 10.7 Å². The van der Waals surface area contributed by atoms with Crippen molar-refractivity contribution in [1.29, 1.82) is 0 Å². The van der Waals surface area contributed by atoms with E-state index in [4.69, 9.17) is 11.6 Å². The lowest BCUT2D eigenvalue weighted by molar-refractivity contribution is -0.384. The van der Waals surface area contributed by atoms with Crippen molar-refractivity contribution in [3.8, 4) is 0 Å². The van der Waals surface area contributed by atoms with Gasteiger partial charge in [0.25, 0.3) is 0 Å². The second-order valence-corrected chi connectivity index (χ2v) is 5.15. The normalized spacial score (nSPS) is 24.1. The predicted molar refractivity (Wildman–Crippen MR) is 72.4 cm³/mol. The molecule has 0 radical (unpaired) electrons. The van der Waals surface area contributed by atoms with Gasteiger partial charge in [-0.05, 0) is 26.0 Å². The summed E-state index contributed by atoms with van der Waals surface area (Å²) >= 11 is 5.93. The Morgan fingerprint density at radius 3 is 2.56 bits per heavy atom. The summed E-state index contributed by atoms with van der Waals surface area (Å²) in [5, 5.41) is 14.7. The van der Waals surface area contributed by atoms with Gasteiger partial charge in [-0.1, -0.05) is 17.7 Å². The summed E-state index contributed by atoms with van der Waals surface area (Å²) in [6.07, 6.45) is 0. The number of anilines is 1. The monoisotopic (exact) mass is 269 g/mol. The Kier molecular flexibility index (Phi) is 3.73. The highest BCUT2D eigenvalue weighted by molar-refractivity contribution is 6.33. The van der Waals surface area contributed by atoms with Gasteiger partial charge in [-0.3, -0.25) is 10.1 Å². The molecule has 1 N–H and O–H groups in total. The quantitative estimate of drug-likeness (QED) is 0.662. The van der Waals surface area contributed by atoms with Crippen LogP contribution < -0.4 is 10.2 Å². The van der Waals surface area contributed by atoms with E-state index < -0.39 is 4.92 Å². The van der Waals surface area contributed by atoms with Crippen LogP contribution in [-0.4, -0.2) is 30.1 Å². The Hall–Kier alpha value is -1.33. The molecule has 0 bridgehead atoms. The lowest BCUT2D eigenvalue weighted by atomic mass is 10.1. The van der Waals surface area contributed by atoms with Crippen molar-refractivity contribution in [1.82, 2.24) is 5.32 Å². The zero-order chi connectivity index (χ0) is 13.3. The van der Waals surface area contributed by atoms with Gasteiger partial charge in [-0.2, -0.15) is 0 Å². The number of para-hydroxylation sites is 1. The molecule has 2 unspecified atom stereocenters. The molecule has 1 aromatic rings. The maximum absolute atomic E-state index is 11.1. The largest absolute Gasteiger partial charge is 0.363 e. The van der Waals surface area contributed by atoms with Gasteiger partial charge in [0.2, 0.25) is 0 Å². The van der Waals surface area contributed by atoms with E-state index in [1.165, 1.54) is 0 Å². The molecular formula is C12H16ClN3O2. The molecular weight excluding hydrogens is 254 g/mol. The SMILES string of the molecule is CC1CN(c2cccc(Cl)c2[N+](=O)[O-])CC(C)N1. The maximum atomic E-state index is 11.1. The molecule has 6 heteroatoms. The van der Waals surface area contributed by atoms with Crippen molar-refractivity contribution in [2.75, 3.05) is 18.0 Å². The first kappa shape index (κ1) is 13.1. The first-order valence-electron chi connectivity index (χ1n) is 5.93. The highest BCUT2D eigenvalue weighted by Gasteiger charge is 2.27. The number of nitrogens with zero attached hydrogens (tertiary/aromatic N) is 2. The van der Waals surface area contributed by atoms with E-state index in [0.717, 1.165) is 13.1 Å². The number of halogens is 1. The summed E-state index contributed by atoms with van der Waals surface area (Å²) in [5.74, 6) is 0. The molecule has 1 aromatic carbocycles. The van der Waals surface area contributed by atoms with E-state index in [2.05, 4.69) is 19.2 Å². The van der Waals surface area contributed by atoms with Crippen molar-refractivity contribution >= 4 is 23.0 Å². The molecule has 2 atom stereocenters. The fraction of sp³-hybridized carbons (Fsp3) is 0.500. The zero-order valence-corrected chi connectivity index (χ0v) is 11.1. The smallest absolute Gasteiger partial charge is 0.310 e. The van der Waals surface area contributed by atoms with Crippen molar-refractivity contribution in [2.45, 2.75) is 25.9 Å². The summed E-state index contributed by atoms with van der Waals surface area (Å²) in [5.41, 5.74) is 0.605. The van der Waals surface area contributed by atoms with E-state index in [1.54, 1.807) is 18.2 Å². The number of piperazine rings is 1. The Balaban J connectivity index is 2.38. The number of nitrogens with one attached hydrogen (secondary N) is 1. The van der Waals surface area contributed by atoms with Crippen LogP contribution in [0.2, 0.25) is 5.02 Å². The third-order valence-electron chi connectivity index (χ3n) is 3.05. The summed E-state index contributed by atoms with van der Waals surface area (Å²) in [6.45, 7) is 5.62. The van der Waals surface area contributed by atoms with Gasteiger partial charge in [-0.15, -0.1) is 0 Å². The molecule has 0 aliphatic carbocycles. The van der Waals surface area contributed by atoms with Crippen molar-refractivity contribution in [3.63, 3.8) is 0 Å². The third-order valence-corrected chi connectivity index (χ3v) is 3.35. The van der Waals surface area contributed by atoms with Gasteiger partial charge in [0.15, 0.2) is 0 Å². The molecule has 1 aliphatic heterocycles. The number of rotatable bonds is 2. The van der Waals surface area contributed by atoms with Crippen LogP contribution in [0.15, 0.2) is 18.2 Å². The average molecular weight is 270 g/mol. The standard InChI is InChI=1S/C12H16ClN3O2/c1-8-6-15(7-9(2)14-8)11-5-3-4-10(13)12(11)16(17)18/h3-5,8-9,14H,6-7H2,1-2H3. The maximum Gasteiger partial charge on any atom is 0.310 e. The van der Waals surface area contributed by atoms with E-state index in [1.807, 2.05) is 4.90 Å². The summed E-state index contributed by atoms with van der Waals surface area (Å²) in [4.78, 5) is 12.7. The van der Waals surface area contributed by atoms with Gasteiger partial charge >= 0.3 is 5.69 Å². The number of hydrogen-bond acceptors (Lipinski definition) is 4. The Morgan fingerprint density at radius 2 is 2.00 bits per heavy atom. The van der Waals surface area contributed by atoms with E-state index in [9.17, 15) is 10.1 Å². The highest BCUT2D eigenvalue weighted by Crippen LogP contribution is 2.35. The van der Waals surface area contributed by atoms with Gasteiger partial charge < -0.3 is 10.2 Å². The number of nitro benzene ring substituents is 1. The minimum Gasteiger partial charge on any atom is -0.363 e. The molecule has 0 aromatic heterocycles. The number of hydrogen-bond donors (Lipinski definition) is 1. The second kappa shape index (κ2) is 5.12. The molecule has 5 nitrogen and oxygen atoms in total. The van der Waals surface area contributed by atoms with Crippen LogP contribution in [-0.2, 0) is 0 Å². The molecule has 98 valence electrons. The summed E-state index contributed by atoms with van der Waals surface area (Å²) in [7, 11) is 0. The van der Waals surface area contributed by atoms with Crippen LogP contribution in [0.1, 0.15) is 13.8 Å². The molecule has 1 heterocycles. The van der Waals surface area contributed by atoms with Gasteiger partial charge in [-0.25, -0.2) is 0 Å². The lowest BCUT2D eigenvalue weighted by Crippen LogP contribution is -2.54. The number of benzene rings is 1. The molecule has 18 heavy (non-hydrogen) atoms. The van der Waals surface area contributed by atoms with Crippen LogP contribution in [0.5, 0.6) is 0 Å².